The number of hydrogen-bond acceptors (Lipinski definition) is 1. The fourth-order valence-corrected chi connectivity index (χ4v) is 1.48. The number of halogens is 4. The third-order valence-electron chi connectivity index (χ3n) is 1.95. The van der Waals surface area contributed by atoms with E-state index in [0.29, 0.717) is 0 Å². The fourth-order valence-electron chi connectivity index (χ4n) is 1.08. The Hall–Kier alpha value is 0.230. The summed E-state index contributed by atoms with van der Waals surface area (Å²) in [7, 11) is 1.74. The zero-order valence-corrected chi connectivity index (χ0v) is 9.99. The summed E-state index contributed by atoms with van der Waals surface area (Å²) in [5.74, 6) is 0. The van der Waals surface area contributed by atoms with Gasteiger partial charge in [-0.25, -0.2) is 0 Å². The minimum absolute atomic E-state index is 0.109. The van der Waals surface area contributed by atoms with Gasteiger partial charge in [0.1, 0.15) is 0 Å². The van der Waals surface area contributed by atoms with Crippen LogP contribution >= 0.6 is 15.9 Å². The molecule has 1 nitrogen and oxygen atoms in total. The topological polar surface area (TPSA) is 3.24 Å². The maximum Gasteiger partial charge on any atom is 0.390 e. The SMILES string of the molecule is CN(CCCCCBr)CCC(F)(F)F. The molecule has 0 aromatic heterocycles. The molecular weight excluding hydrogens is 259 g/mol. The molecule has 0 aliphatic rings. The minimum atomic E-state index is -4.02. The summed E-state index contributed by atoms with van der Waals surface area (Å²) in [4.78, 5) is 1.74. The fraction of sp³-hybridized carbons (Fsp3) is 1.00. The van der Waals surface area contributed by atoms with E-state index in [9.17, 15) is 13.2 Å². The molecule has 0 aliphatic heterocycles. The summed E-state index contributed by atoms with van der Waals surface area (Å²) < 4.78 is 35.5. The van der Waals surface area contributed by atoms with Gasteiger partial charge in [0.05, 0.1) is 6.42 Å². The van der Waals surface area contributed by atoms with Crippen LogP contribution in [-0.2, 0) is 0 Å². The van der Waals surface area contributed by atoms with Crippen molar-refractivity contribution in [1.82, 2.24) is 4.90 Å². The highest BCUT2D eigenvalue weighted by Gasteiger charge is 2.26. The van der Waals surface area contributed by atoms with Gasteiger partial charge in [0.15, 0.2) is 0 Å². The van der Waals surface area contributed by atoms with Gasteiger partial charge in [-0.3, -0.25) is 0 Å². The zero-order chi connectivity index (χ0) is 11.0. The van der Waals surface area contributed by atoms with Crippen LogP contribution in [0.5, 0.6) is 0 Å². The van der Waals surface area contributed by atoms with Crippen molar-refractivity contribution in [3.63, 3.8) is 0 Å². The predicted molar refractivity (Wildman–Crippen MR) is 55.8 cm³/mol. The van der Waals surface area contributed by atoms with E-state index in [1.54, 1.807) is 11.9 Å². The molecule has 0 aromatic rings. The molecule has 5 heteroatoms. The number of hydrogen-bond donors (Lipinski definition) is 0. The smallest absolute Gasteiger partial charge is 0.306 e. The molecule has 14 heavy (non-hydrogen) atoms. The molecule has 0 amide bonds. The third-order valence-corrected chi connectivity index (χ3v) is 2.51. The molecule has 0 aromatic carbocycles. The summed E-state index contributed by atoms with van der Waals surface area (Å²) in [5, 5.41) is 0.971. The van der Waals surface area contributed by atoms with E-state index < -0.39 is 12.6 Å². The Kier molecular flexibility index (Phi) is 7.64. The molecule has 0 bridgehead atoms. The molecule has 0 atom stereocenters. The van der Waals surface area contributed by atoms with Crippen molar-refractivity contribution in [3.05, 3.63) is 0 Å². The van der Waals surface area contributed by atoms with Crippen molar-refractivity contribution < 1.29 is 13.2 Å². The molecule has 0 fully saturated rings. The van der Waals surface area contributed by atoms with E-state index in [2.05, 4.69) is 15.9 Å². The average molecular weight is 276 g/mol. The highest BCUT2D eigenvalue weighted by molar-refractivity contribution is 9.09. The molecule has 0 saturated carbocycles. The summed E-state index contributed by atoms with van der Waals surface area (Å²) in [5.41, 5.74) is 0. The number of rotatable bonds is 7. The van der Waals surface area contributed by atoms with Crippen LogP contribution < -0.4 is 0 Å². The van der Waals surface area contributed by atoms with Gasteiger partial charge in [-0.15, -0.1) is 0 Å². The van der Waals surface area contributed by atoms with Crippen molar-refractivity contribution in [2.24, 2.45) is 0 Å². The quantitative estimate of drug-likeness (QED) is 0.508. The van der Waals surface area contributed by atoms with E-state index >= 15 is 0 Å². The van der Waals surface area contributed by atoms with E-state index in [1.807, 2.05) is 0 Å². The third kappa shape index (κ3) is 10.3. The Labute approximate surface area is 91.8 Å². The maximum atomic E-state index is 11.8. The van der Waals surface area contributed by atoms with Gasteiger partial charge in [0.25, 0.3) is 0 Å². The lowest BCUT2D eigenvalue weighted by Gasteiger charge is -2.17. The van der Waals surface area contributed by atoms with Crippen molar-refractivity contribution in [2.45, 2.75) is 31.9 Å². The Morgan fingerprint density at radius 3 is 2.21 bits per heavy atom. The van der Waals surface area contributed by atoms with Crippen LogP contribution in [0.1, 0.15) is 25.7 Å². The van der Waals surface area contributed by atoms with Crippen LogP contribution in [0, 0.1) is 0 Å². The first kappa shape index (κ1) is 14.2. The van der Waals surface area contributed by atoms with Gasteiger partial charge in [0.2, 0.25) is 0 Å². The standard InChI is InChI=1S/C9H17BrF3N/c1-14(7-4-2-3-6-10)8-5-9(11,12)13/h2-8H2,1H3. The molecule has 0 spiro atoms. The van der Waals surface area contributed by atoms with Crippen LogP contribution in [0.2, 0.25) is 0 Å². The first-order valence-corrected chi connectivity index (χ1v) is 5.89. The van der Waals surface area contributed by atoms with Crippen molar-refractivity contribution in [2.75, 3.05) is 25.5 Å². The predicted octanol–water partition coefficient (Wildman–Crippen LogP) is 3.44. The van der Waals surface area contributed by atoms with Crippen molar-refractivity contribution in [1.29, 1.82) is 0 Å². The van der Waals surface area contributed by atoms with Gasteiger partial charge in [0, 0.05) is 11.9 Å². The molecule has 0 rings (SSSR count). The zero-order valence-electron chi connectivity index (χ0n) is 8.41. The molecule has 0 radical (unpaired) electrons. The Balaban J connectivity index is 3.32. The number of nitrogens with zero attached hydrogens (tertiary/aromatic N) is 1. The molecule has 0 aliphatic carbocycles. The van der Waals surface area contributed by atoms with Crippen molar-refractivity contribution in [3.8, 4) is 0 Å². The average Bonchev–Trinajstić information content (AvgIpc) is 2.08. The summed E-state index contributed by atoms with van der Waals surface area (Å²) in [6.07, 6.45) is -1.60. The van der Waals surface area contributed by atoms with Crippen LogP contribution in [0.4, 0.5) is 13.2 Å². The monoisotopic (exact) mass is 275 g/mol. The molecule has 0 unspecified atom stereocenters. The Bertz CT molecular complexity index is 139. The van der Waals surface area contributed by atoms with Crippen LogP contribution in [-0.4, -0.2) is 36.5 Å². The largest absolute Gasteiger partial charge is 0.390 e. The van der Waals surface area contributed by atoms with Gasteiger partial charge in [-0.1, -0.05) is 22.4 Å². The van der Waals surface area contributed by atoms with E-state index in [-0.39, 0.29) is 6.54 Å². The lowest BCUT2D eigenvalue weighted by Crippen LogP contribution is -2.25. The Morgan fingerprint density at radius 2 is 1.71 bits per heavy atom. The van der Waals surface area contributed by atoms with Crippen LogP contribution in [0.15, 0.2) is 0 Å². The minimum Gasteiger partial charge on any atom is -0.306 e. The highest BCUT2D eigenvalue weighted by Crippen LogP contribution is 2.19. The normalized spacial score (nSPS) is 12.4. The highest BCUT2D eigenvalue weighted by atomic mass is 79.9. The molecule has 0 heterocycles. The molecule has 0 N–H and O–H groups in total. The molecule has 86 valence electrons. The van der Waals surface area contributed by atoms with E-state index in [1.165, 1.54) is 0 Å². The van der Waals surface area contributed by atoms with E-state index in [0.717, 1.165) is 31.1 Å². The second-order valence-electron chi connectivity index (χ2n) is 3.42. The molecular formula is C9H17BrF3N. The van der Waals surface area contributed by atoms with Crippen LogP contribution in [0.25, 0.3) is 0 Å². The summed E-state index contributed by atoms with van der Waals surface area (Å²) in [6.45, 7) is 0.862. The van der Waals surface area contributed by atoms with Gasteiger partial charge >= 0.3 is 6.18 Å². The summed E-state index contributed by atoms with van der Waals surface area (Å²) >= 11 is 3.31. The second-order valence-corrected chi connectivity index (χ2v) is 4.21. The lowest BCUT2D eigenvalue weighted by atomic mass is 10.2. The van der Waals surface area contributed by atoms with Gasteiger partial charge in [-0.05, 0) is 26.4 Å². The first-order valence-electron chi connectivity index (χ1n) is 4.77. The van der Waals surface area contributed by atoms with Crippen molar-refractivity contribution >= 4 is 15.9 Å². The summed E-state index contributed by atoms with van der Waals surface area (Å²) in [6, 6.07) is 0. The second kappa shape index (κ2) is 7.51. The van der Waals surface area contributed by atoms with Gasteiger partial charge in [-0.2, -0.15) is 13.2 Å². The van der Waals surface area contributed by atoms with E-state index in [4.69, 9.17) is 0 Å². The maximum absolute atomic E-state index is 11.8. The number of unbranched alkanes of at least 4 members (excludes halogenated alkanes) is 2. The molecule has 0 saturated heterocycles. The van der Waals surface area contributed by atoms with Crippen LogP contribution in [0.3, 0.4) is 0 Å². The number of alkyl halides is 4. The first-order chi connectivity index (χ1) is 6.45. The Morgan fingerprint density at radius 1 is 1.07 bits per heavy atom. The van der Waals surface area contributed by atoms with Gasteiger partial charge < -0.3 is 4.90 Å². The lowest BCUT2D eigenvalue weighted by molar-refractivity contribution is -0.137.